The Morgan fingerprint density at radius 3 is 2.75 bits per heavy atom. The molecule has 40 heavy (non-hydrogen) atoms. The molecule has 2 aromatic carbocycles. The number of hydrogen-bond acceptors (Lipinski definition) is 6. The van der Waals surface area contributed by atoms with Gasteiger partial charge in [0.1, 0.15) is 5.75 Å². The van der Waals surface area contributed by atoms with Crippen LogP contribution in [0.3, 0.4) is 0 Å². The summed E-state index contributed by atoms with van der Waals surface area (Å²) in [6.45, 7) is 1.90. The number of benzene rings is 2. The van der Waals surface area contributed by atoms with Crippen molar-refractivity contribution in [3.63, 3.8) is 0 Å². The lowest BCUT2D eigenvalue weighted by atomic mass is 9.67. The summed E-state index contributed by atoms with van der Waals surface area (Å²) >= 11 is 6.38. The molecule has 1 amide bonds. The number of carbonyl (C=O) groups excluding carboxylic acids is 1. The van der Waals surface area contributed by atoms with Crippen LogP contribution in [0.4, 0.5) is 5.69 Å². The summed E-state index contributed by atoms with van der Waals surface area (Å²) in [6.07, 6.45) is 4.78. The van der Waals surface area contributed by atoms with Crippen LogP contribution in [-0.4, -0.2) is 63.9 Å². The number of ether oxygens (including phenoxy) is 1. The van der Waals surface area contributed by atoms with Crippen LogP contribution in [0.2, 0.25) is 5.02 Å². The van der Waals surface area contributed by atoms with Crippen molar-refractivity contribution in [1.29, 1.82) is 0 Å². The van der Waals surface area contributed by atoms with Crippen LogP contribution in [0.1, 0.15) is 66.4 Å². The number of nitrogens with zero attached hydrogens (tertiary/aromatic N) is 1. The van der Waals surface area contributed by atoms with Crippen LogP contribution < -0.4 is 14.4 Å². The zero-order chi connectivity index (χ0) is 28.1. The van der Waals surface area contributed by atoms with Crippen molar-refractivity contribution in [3.05, 3.63) is 58.1 Å². The fraction of sp³-hybridized carbons (Fsp3) is 0.548. The van der Waals surface area contributed by atoms with E-state index in [0.29, 0.717) is 50.3 Å². The Kier molecular flexibility index (Phi) is 7.57. The van der Waals surface area contributed by atoms with E-state index in [0.717, 1.165) is 42.8 Å². The Bertz CT molecular complexity index is 1400. The average molecular weight is 587 g/mol. The summed E-state index contributed by atoms with van der Waals surface area (Å²) in [5.74, 6) is 4.53. The van der Waals surface area contributed by atoms with Crippen LogP contribution in [0.5, 0.6) is 5.75 Å². The van der Waals surface area contributed by atoms with Crippen LogP contribution in [0, 0.1) is 11.8 Å². The maximum absolute atomic E-state index is 13.2. The van der Waals surface area contributed by atoms with E-state index >= 15 is 0 Å². The average Bonchev–Trinajstić information content (AvgIpc) is 3.05. The van der Waals surface area contributed by atoms with Gasteiger partial charge in [-0.2, -0.15) is 0 Å². The summed E-state index contributed by atoms with van der Waals surface area (Å²) in [5, 5.41) is 22.6. The van der Waals surface area contributed by atoms with Gasteiger partial charge in [-0.1, -0.05) is 17.7 Å². The van der Waals surface area contributed by atoms with Gasteiger partial charge in [0.25, 0.3) is 5.91 Å². The number of nitrogens with one attached hydrogen (secondary N) is 1. The van der Waals surface area contributed by atoms with E-state index in [2.05, 4.69) is 27.6 Å². The molecule has 0 radical (unpaired) electrons. The van der Waals surface area contributed by atoms with Gasteiger partial charge in [-0.05, 0) is 111 Å². The van der Waals surface area contributed by atoms with E-state index in [1.165, 1.54) is 11.1 Å². The van der Waals surface area contributed by atoms with Gasteiger partial charge in [-0.3, -0.25) is 9.52 Å². The third-order valence-corrected chi connectivity index (χ3v) is 11.3. The number of halogens is 1. The molecular weight excluding hydrogens is 548 g/mol. The first-order valence-electron chi connectivity index (χ1n) is 14.5. The Balaban J connectivity index is 1.41. The number of aryl methyl sites for hydroxylation is 1. The normalized spacial score (nSPS) is 34.5. The fourth-order valence-electron chi connectivity index (χ4n) is 7.23. The van der Waals surface area contributed by atoms with Gasteiger partial charge >= 0.3 is 0 Å². The number of anilines is 1. The van der Waals surface area contributed by atoms with E-state index < -0.39 is 27.8 Å². The molecule has 7 nitrogen and oxygen atoms in total. The minimum atomic E-state index is -2.85. The van der Waals surface area contributed by atoms with Crippen molar-refractivity contribution in [2.75, 3.05) is 30.3 Å². The molecule has 0 aromatic heterocycles. The molecule has 4 aliphatic rings. The second kappa shape index (κ2) is 10.9. The molecular formula is C31H39ClN2O5S. The quantitative estimate of drug-likeness (QED) is 0.402. The van der Waals surface area contributed by atoms with E-state index in [4.69, 9.17) is 16.3 Å². The number of rotatable bonds is 0. The molecule has 1 unspecified atom stereocenters. The van der Waals surface area contributed by atoms with Crippen LogP contribution in [0.15, 0.2) is 36.4 Å². The van der Waals surface area contributed by atoms with E-state index in [1.54, 1.807) is 6.07 Å². The predicted molar refractivity (Wildman–Crippen MR) is 160 cm³/mol. The van der Waals surface area contributed by atoms with Crippen molar-refractivity contribution in [1.82, 2.24) is 4.72 Å². The third kappa shape index (κ3) is 5.36. The zero-order valence-corrected chi connectivity index (χ0v) is 24.4. The van der Waals surface area contributed by atoms with Crippen LogP contribution >= 0.6 is 11.6 Å². The number of hydrogen-bond donors (Lipinski definition) is 3. The SMILES string of the molecule is C=S1(=O)CCCC[C@H](O)[C@@H](O)[C@@H]2CC[C@H]2CN2C[C@@]3(CCCc4cc(Cl)ccc43)COc3ccc(cc32)C(=O)N1. The van der Waals surface area contributed by atoms with Crippen LogP contribution in [-0.2, 0) is 21.5 Å². The van der Waals surface area contributed by atoms with E-state index in [-0.39, 0.29) is 23.0 Å². The largest absolute Gasteiger partial charge is 0.490 e. The van der Waals surface area contributed by atoms with Gasteiger partial charge in [0, 0.05) is 44.6 Å². The van der Waals surface area contributed by atoms with Crippen molar-refractivity contribution in [2.24, 2.45) is 11.8 Å². The maximum Gasteiger partial charge on any atom is 0.262 e. The highest BCUT2D eigenvalue weighted by molar-refractivity contribution is 7.99. The van der Waals surface area contributed by atoms with Crippen LogP contribution in [0.25, 0.3) is 0 Å². The highest BCUT2D eigenvalue weighted by atomic mass is 35.5. The molecule has 2 bridgehead atoms. The molecule has 2 aliphatic heterocycles. The molecule has 2 heterocycles. The Labute approximate surface area is 242 Å². The minimum absolute atomic E-state index is 0.00692. The number of amides is 1. The second-order valence-corrected chi connectivity index (χ2v) is 15.0. The van der Waals surface area contributed by atoms with Gasteiger partial charge in [-0.25, -0.2) is 4.21 Å². The topological polar surface area (TPSA) is 99.1 Å². The fourth-order valence-corrected chi connectivity index (χ4v) is 8.66. The highest BCUT2D eigenvalue weighted by Crippen LogP contribution is 2.47. The molecule has 9 heteroatoms. The lowest BCUT2D eigenvalue weighted by Gasteiger charge is -2.46. The van der Waals surface area contributed by atoms with E-state index in [9.17, 15) is 19.2 Å². The summed E-state index contributed by atoms with van der Waals surface area (Å²) in [6, 6.07) is 11.6. The molecule has 1 fully saturated rings. The van der Waals surface area contributed by atoms with Gasteiger partial charge in [-0.15, -0.1) is 0 Å². The molecule has 3 N–H and O–H groups in total. The Morgan fingerprint density at radius 2 is 1.95 bits per heavy atom. The lowest BCUT2D eigenvalue weighted by Crippen LogP contribution is -2.51. The zero-order valence-electron chi connectivity index (χ0n) is 22.8. The van der Waals surface area contributed by atoms with Crippen molar-refractivity contribution >= 4 is 38.8 Å². The molecule has 2 aliphatic carbocycles. The van der Waals surface area contributed by atoms with Crippen molar-refractivity contribution < 1.29 is 24.0 Å². The standard InChI is InChI=1S/C31H39ClN2O5S/c1-40(38)14-3-2-6-27(35)29(36)24-10-7-22(24)17-34-18-31(13-4-5-20-15-23(32)9-11-25(20)31)19-39-28-12-8-21(16-26(28)34)30(37)33-40/h8-9,11-12,15-16,22,24,27,29,35-36H,1-7,10,13-14,17-19H2,(H,33,37,38)/t22-,24+,27-,29-,31-,40?/m0/s1. The van der Waals surface area contributed by atoms with E-state index in [1.807, 2.05) is 18.2 Å². The maximum atomic E-state index is 13.2. The first-order valence-corrected chi connectivity index (χ1v) is 16.8. The minimum Gasteiger partial charge on any atom is -0.490 e. The Morgan fingerprint density at radius 1 is 1.10 bits per heavy atom. The van der Waals surface area contributed by atoms with Gasteiger partial charge in [0.15, 0.2) is 0 Å². The number of carbonyl (C=O) groups is 1. The number of fused-ring (bicyclic) bond motifs is 4. The predicted octanol–water partition coefficient (Wildman–Crippen LogP) is 4.11. The van der Waals surface area contributed by atoms with Gasteiger partial charge in [0.05, 0.1) is 24.5 Å². The first kappa shape index (κ1) is 27.9. The molecule has 2 aromatic rings. The summed E-state index contributed by atoms with van der Waals surface area (Å²) in [7, 11) is -2.85. The summed E-state index contributed by atoms with van der Waals surface area (Å²) in [4.78, 5) is 15.6. The van der Waals surface area contributed by atoms with Crippen molar-refractivity contribution in [2.45, 2.75) is 69.0 Å². The third-order valence-electron chi connectivity index (χ3n) is 9.57. The molecule has 1 saturated carbocycles. The number of aliphatic hydroxyl groups is 2. The molecule has 0 saturated heterocycles. The monoisotopic (exact) mass is 586 g/mol. The molecule has 6 rings (SSSR count). The Hall–Kier alpha value is -2.26. The van der Waals surface area contributed by atoms with Crippen molar-refractivity contribution in [3.8, 4) is 5.75 Å². The van der Waals surface area contributed by atoms with Gasteiger partial charge in [0.2, 0.25) is 0 Å². The van der Waals surface area contributed by atoms with Gasteiger partial charge < -0.3 is 19.8 Å². The highest BCUT2D eigenvalue weighted by Gasteiger charge is 2.45. The smallest absolute Gasteiger partial charge is 0.262 e. The molecule has 6 atom stereocenters. The second-order valence-electron chi connectivity index (χ2n) is 12.3. The molecule has 1 spiro atoms. The first-order chi connectivity index (χ1) is 19.1. The lowest BCUT2D eigenvalue weighted by molar-refractivity contribution is -0.0668. The summed E-state index contributed by atoms with van der Waals surface area (Å²) < 4.78 is 22.2. The summed E-state index contributed by atoms with van der Waals surface area (Å²) in [5.41, 5.74) is 3.52. The molecule has 216 valence electrons. The number of aliphatic hydroxyl groups excluding tert-OH is 2.